The predicted octanol–water partition coefficient (Wildman–Crippen LogP) is 2.58. The van der Waals surface area contributed by atoms with Crippen molar-refractivity contribution < 1.29 is 17.9 Å². The molecule has 2 rings (SSSR count). The molecule has 0 amide bonds. The number of benzene rings is 1. The molecule has 0 aromatic heterocycles. The van der Waals surface area contributed by atoms with Crippen LogP contribution in [0.5, 0.6) is 5.75 Å². The summed E-state index contributed by atoms with van der Waals surface area (Å²) in [6.45, 7) is 0.498. The number of sulfonamides is 1. The zero-order valence-corrected chi connectivity index (χ0v) is 13.4. The molecule has 0 aliphatic carbocycles. The number of hydrogen-bond acceptors (Lipinski definition) is 4. The lowest BCUT2D eigenvalue weighted by molar-refractivity contribution is 0.0980. The molecule has 1 heterocycles. The first-order valence-electron chi connectivity index (χ1n) is 6.77. The molecule has 0 saturated carbocycles. The summed E-state index contributed by atoms with van der Waals surface area (Å²) >= 11 is 5.60. The van der Waals surface area contributed by atoms with Crippen LogP contribution in [0.15, 0.2) is 12.1 Å². The van der Waals surface area contributed by atoms with Gasteiger partial charge in [0.2, 0.25) is 10.0 Å². The molecule has 0 radical (unpaired) electrons. The Labute approximate surface area is 129 Å². The number of carbonyl (C=O) groups is 1. The molecule has 1 aromatic rings. The van der Waals surface area contributed by atoms with Crippen LogP contribution in [0.1, 0.15) is 35.2 Å². The Morgan fingerprint density at radius 3 is 2.81 bits per heavy atom. The molecule has 0 atom stereocenters. The number of alkyl halides is 1. The fourth-order valence-electron chi connectivity index (χ4n) is 2.27. The lowest BCUT2D eigenvalue weighted by Crippen LogP contribution is -2.11. The van der Waals surface area contributed by atoms with Gasteiger partial charge >= 0.3 is 0 Å². The highest BCUT2D eigenvalue weighted by Gasteiger charge is 2.21. The molecule has 0 spiro atoms. The number of unbranched alkanes of at least 4 members (excludes halogenated alkanes) is 1. The van der Waals surface area contributed by atoms with E-state index in [-0.39, 0.29) is 5.78 Å². The Bertz CT molecular complexity index is 643. The Morgan fingerprint density at radius 1 is 1.38 bits per heavy atom. The Morgan fingerprint density at radius 2 is 2.14 bits per heavy atom. The molecule has 1 N–H and O–H groups in total. The van der Waals surface area contributed by atoms with Crippen molar-refractivity contribution in [1.82, 2.24) is 0 Å². The van der Waals surface area contributed by atoms with Gasteiger partial charge < -0.3 is 4.74 Å². The van der Waals surface area contributed by atoms with Crippen LogP contribution in [0.4, 0.5) is 5.69 Å². The molecule has 0 saturated heterocycles. The zero-order valence-electron chi connectivity index (χ0n) is 11.8. The SMILES string of the molecule is CS(=O)(=O)Nc1cc(C(=O)CCCCCl)cc2c1OCC2. The summed E-state index contributed by atoms with van der Waals surface area (Å²) in [6, 6.07) is 3.34. The predicted molar refractivity (Wildman–Crippen MR) is 83.0 cm³/mol. The van der Waals surface area contributed by atoms with Gasteiger partial charge in [0, 0.05) is 29.8 Å². The highest BCUT2D eigenvalue weighted by Crippen LogP contribution is 2.36. The van der Waals surface area contributed by atoms with Gasteiger partial charge in [0.1, 0.15) is 5.75 Å². The Balaban J connectivity index is 2.27. The molecule has 1 aromatic carbocycles. The standard InChI is InChI=1S/C14H18ClNO4S/c1-21(18,19)16-12-9-11(13(17)4-2-3-6-15)8-10-5-7-20-14(10)12/h8-9,16H,2-7H2,1H3. The van der Waals surface area contributed by atoms with Gasteiger partial charge in [-0.05, 0) is 25.0 Å². The molecule has 5 nitrogen and oxygen atoms in total. The van der Waals surface area contributed by atoms with Gasteiger partial charge in [-0.25, -0.2) is 8.42 Å². The summed E-state index contributed by atoms with van der Waals surface area (Å²) in [5, 5.41) is 0. The quantitative estimate of drug-likeness (QED) is 0.473. The summed E-state index contributed by atoms with van der Waals surface area (Å²) < 4.78 is 30.7. The van der Waals surface area contributed by atoms with E-state index in [4.69, 9.17) is 16.3 Å². The van der Waals surface area contributed by atoms with Gasteiger partial charge in [-0.3, -0.25) is 9.52 Å². The van der Waals surface area contributed by atoms with Crippen molar-refractivity contribution >= 4 is 33.1 Å². The second kappa shape index (κ2) is 6.66. The van der Waals surface area contributed by atoms with Crippen LogP contribution in [-0.2, 0) is 16.4 Å². The molecule has 21 heavy (non-hydrogen) atoms. The minimum Gasteiger partial charge on any atom is -0.491 e. The molecule has 0 unspecified atom stereocenters. The highest BCUT2D eigenvalue weighted by molar-refractivity contribution is 7.92. The summed E-state index contributed by atoms with van der Waals surface area (Å²) in [7, 11) is -3.42. The van der Waals surface area contributed by atoms with Crippen molar-refractivity contribution in [2.45, 2.75) is 25.7 Å². The van der Waals surface area contributed by atoms with E-state index in [1.54, 1.807) is 12.1 Å². The van der Waals surface area contributed by atoms with Crippen molar-refractivity contribution in [2.24, 2.45) is 0 Å². The average Bonchev–Trinajstić information content (AvgIpc) is 2.85. The largest absolute Gasteiger partial charge is 0.491 e. The van der Waals surface area contributed by atoms with Gasteiger partial charge in [-0.15, -0.1) is 11.6 Å². The first-order chi connectivity index (χ1) is 9.90. The average molecular weight is 332 g/mol. The summed E-state index contributed by atoms with van der Waals surface area (Å²) in [4.78, 5) is 12.2. The number of halogens is 1. The van der Waals surface area contributed by atoms with Crippen molar-refractivity contribution in [1.29, 1.82) is 0 Å². The van der Waals surface area contributed by atoms with Crippen LogP contribution in [0.2, 0.25) is 0 Å². The van der Waals surface area contributed by atoms with Crippen LogP contribution < -0.4 is 9.46 Å². The third-order valence-electron chi connectivity index (χ3n) is 3.19. The number of anilines is 1. The maximum atomic E-state index is 12.2. The van der Waals surface area contributed by atoms with Crippen LogP contribution in [0.3, 0.4) is 0 Å². The molecule has 1 aliphatic rings. The van der Waals surface area contributed by atoms with Crippen LogP contribution in [0, 0.1) is 0 Å². The highest BCUT2D eigenvalue weighted by atomic mass is 35.5. The van der Waals surface area contributed by atoms with Crippen molar-refractivity contribution in [3.05, 3.63) is 23.3 Å². The van der Waals surface area contributed by atoms with E-state index in [9.17, 15) is 13.2 Å². The topological polar surface area (TPSA) is 72.5 Å². The number of carbonyl (C=O) groups excluding carboxylic acids is 1. The third-order valence-corrected chi connectivity index (χ3v) is 4.05. The number of nitrogens with one attached hydrogen (secondary N) is 1. The van der Waals surface area contributed by atoms with E-state index < -0.39 is 10.0 Å². The maximum Gasteiger partial charge on any atom is 0.229 e. The summed E-state index contributed by atoms with van der Waals surface area (Å²) in [5.41, 5.74) is 1.72. The summed E-state index contributed by atoms with van der Waals surface area (Å²) in [5.74, 6) is 1.05. The van der Waals surface area contributed by atoms with Crippen molar-refractivity contribution in [2.75, 3.05) is 23.5 Å². The van der Waals surface area contributed by atoms with E-state index in [0.717, 1.165) is 24.7 Å². The maximum absolute atomic E-state index is 12.2. The number of ether oxygens (including phenoxy) is 1. The van der Waals surface area contributed by atoms with E-state index in [1.807, 2.05) is 0 Å². The summed E-state index contributed by atoms with van der Waals surface area (Å²) in [6.07, 6.45) is 3.67. The van der Waals surface area contributed by atoms with Crippen LogP contribution in [-0.4, -0.2) is 32.9 Å². The van der Waals surface area contributed by atoms with Gasteiger partial charge in [-0.1, -0.05) is 0 Å². The first kappa shape index (κ1) is 16.1. The second-order valence-corrected chi connectivity index (χ2v) is 7.18. The molecule has 0 bridgehead atoms. The zero-order chi connectivity index (χ0) is 15.5. The van der Waals surface area contributed by atoms with Crippen molar-refractivity contribution in [3.8, 4) is 5.75 Å². The normalized spacial score (nSPS) is 13.6. The molecule has 116 valence electrons. The molecule has 1 aliphatic heterocycles. The van der Waals surface area contributed by atoms with E-state index in [2.05, 4.69) is 4.72 Å². The molecular weight excluding hydrogens is 314 g/mol. The number of ketones is 1. The number of rotatable bonds is 7. The van der Waals surface area contributed by atoms with Gasteiger partial charge in [0.05, 0.1) is 18.6 Å². The molecule has 0 fully saturated rings. The lowest BCUT2D eigenvalue weighted by Gasteiger charge is -2.11. The van der Waals surface area contributed by atoms with E-state index in [1.165, 1.54) is 0 Å². The number of hydrogen-bond donors (Lipinski definition) is 1. The monoisotopic (exact) mass is 331 g/mol. The number of Topliss-reactive ketones (excluding diaryl/α,β-unsaturated/α-hetero) is 1. The Kier molecular flexibility index (Phi) is 5.11. The first-order valence-corrected chi connectivity index (χ1v) is 9.20. The minimum atomic E-state index is -3.42. The third kappa shape index (κ3) is 4.35. The van der Waals surface area contributed by atoms with Crippen LogP contribution in [0.25, 0.3) is 0 Å². The van der Waals surface area contributed by atoms with Gasteiger partial charge in [0.25, 0.3) is 0 Å². The lowest BCUT2D eigenvalue weighted by atomic mass is 10.0. The Hall–Kier alpha value is -1.27. The molecule has 7 heteroatoms. The smallest absolute Gasteiger partial charge is 0.229 e. The fourth-order valence-corrected chi connectivity index (χ4v) is 3.01. The number of fused-ring (bicyclic) bond motifs is 1. The van der Waals surface area contributed by atoms with Crippen LogP contribution >= 0.6 is 11.6 Å². The van der Waals surface area contributed by atoms with E-state index >= 15 is 0 Å². The fraction of sp³-hybridized carbons (Fsp3) is 0.500. The van der Waals surface area contributed by atoms with Gasteiger partial charge in [0.15, 0.2) is 5.78 Å². The minimum absolute atomic E-state index is 0.00799. The van der Waals surface area contributed by atoms with Crippen molar-refractivity contribution in [3.63, 3.8) is 0 Å². The van der Waals surface area contributed by atoms with E-state index in [0.29, 0.717) is 42.3 Å². The van der Waals surface area contributed by atoms with Gasteiger partial charge in [-0.2, -0.15) is 0 Å². The second-order valence-electron chi connectivity index (χ2n) is 5.05. The molecular formula is C14H18ClNO4S.